The number of rotatable bonds is 4. The van der Waals surface area contributed by atoms with Crippen LogP contribution in [-0.2, 0) is 0 Å². The van der Waals surface area contributed by atoms with Gasteiger partial charge in [0.25, 0.3) is 5.92 Å². The second kappa shape index (κ2) is 5.39. The minimum atomic E-state index is -2.87. The summed E-state index contributed by atoms with van der Waals surface area (Å²) in [5, 5.41) is 0. The molecular formula is C14H19F2N. The van der Waals surface area contributed by atoms with E-state index in [-0.39, 0.29) is 5.71 Å². The zero-order valence-corrected chi connectivity index (χ0v) is 10.7. The summed E-state index contributed by atoms with van der Waals surface area (Å²) in [5.41, 5.74) is 2.60. The summed E-state index contributed by atoms with van der Waals surface area (Å²) in [6.45, 7) is 8.06. The summed E-state index contributed by atoms with van der Waals surface area (Å²) in [6, 6.07) is 0. The molecule has 0 atom stereocenters. The highest BCUT2D eigenvalue weighted by Gasteiger charge is 2.25. The van der Waals surface area contributed by atoms with Crippen LogP contribution < -0.4 is 0 Å². The van der Waals surface area contributed by atoms with Gasteiger partial charge in [0, 0.05) is 6.92 Å². The number of halogens is 2. The molecule has 1 nitrogen and oxygen atoms in total. The van der Waals surface area contributed by atoms with Gasteiger partial charge in [0.2, 0.25) is 0 Å². The minimum Gasteiger partial charge on any atom is -0.252 e. The second-order valence-corrected chi connectivity index (χ2v) is 4.40. The number of alkyl halides is 2. The Kier molecular flexibility index (Phi) is 4.38. The standard InChI is InChI=1S/C14H19F2N/c1-5-12-6-8-13(9-7-12)10(2)17-11(3)14(4,15)16/h6,8H,2,5,7,9H2,1,3-4H3/b17-11+. The quantitative estimate of drug-likeness (QED) is 0.632. The molecule has 94 valence electrons. The summed E-state index contributed by atoms with van der Waals surface area (Å²) < 4.78 is 25.9. The molecule has 3 heteroatoms. The fourth-order valence-electron chi connectivity index (χ4n) is 1.59. The molecule has 0 bridgehead atoms. The van der Waals surface area contributed by atoms with Gasteiger partial charge < -0.3 is 0 Å². The first-order chi connectivity index (χ1) is 7.84. The van der Waals surface area contributed by atoms with E-state index >= 15 is 0 Å². The van der Waals surface area contributed by atoms with Gasteiger partial charge in [0.15, 0.2) is 0 Å². The van der Waals surface area contributed by atoms with Gasteiger partial charge in [-0.2, -0.15) is 0 Å². The molecule has 0 unspecified atom stereocenters. The van der Waals surface area contributed by atoms with Crippen LogP contribution in [0.5, 0.6) is 0 Å². The Hall–Kier alpha value is -1.25. The van der Waals surface area contributed by atoms with Crippen molar-refractivity contribution in [1.82, 2.24) is 0 Å². The van der Waals surface area contributed by atoms with Gasteiger partial charge in [-0.1, -0.05) is 31.2 Å². The number of hydrogen-bond donors (Lipinski definition) is 0. The Morgan fingerprint density at radius 2 is 2.06 bits per heavy atom. The molecule has 0 aromatic heterocycles. The molecule has 0 saturated carbocycles. The molecule has 0 spiro atoms. The zero-order valence-electron chi connectivity index (χ0n) is 10.7. The molecule has 17 heavy (non-hydrogen) atoms. The highest BCUT2D eigenvalue weighted by Crippen LogP contribution is 2.26. The number of allylic oxidation sites excluding steroid dienone is 4. The number of hydrogen-bond acceptors (Lipinski definition) is 1. The molecule has 1 aliphatic rings. The normalized spacial score (nSPS) is 17.6. The Morgan fingerprint density at radius 3 is 2.47 bits per heavy atom. The Labute approximate surface area is 102 Å². The van der Waals surface area contributed by atoms with Crippen molar-refractivity contribution in [2.24, 2.45) is 4.99 Å². The lowest BCUT2D eigenvalue weighted by molar-refractivity contribution is 0.0997. The van der Waals surface area contributed by atoms with Crippen molar-refractivity contribution in [2.45, 2.75) is 46.0 Å². The van der Waals surface area contributed by atoms with Crippen molar-refractivity contribution in [3.8, 4) is 0 Å². The predicted molar refractivity (Wildman–Crippen MR) is 68.6 cm³/mol. The van der Waals surface area contributed by atoms with Crippen molar-refractivity contribution >= 4 is 5.71 Å². The molecule has 0 aromatic carbocycles. The third-order valence-electron chi connectivity index (χ3n) is 3.00. The summed E-state index contributed by atoms with van der Waals surface area (Å²) in [5.74, 6) is -2.87. The summed E-state index contributed by atoms with van der Waals surface area (Å²) in [7, 11) is 0. The van der Waals surface area contributed by atoms with E-state index < -0.39 is 5.92 Å². The van der Waals surface area contributed by atoms with Crippen molar-refractivity contribution in [1.29, 1.82) is 0 Å². The average molecular weight is 239 g/mol. The van der Waals surface area contributed by atoms with Gasteiger partial charge in [0.1, 0.15) is 0 Å². The second-order valence-electron chi connectivity index (χ2n) is 4.40. The van der Waals surface area contributed by atoms with E-state index in [4.69, 9.17) is 0 Å². The maximum absolute atomic E-state index is 13.0. The third kappa shape index (κ3) is 3.91. The Bertz CT molecular complexity index is 395. The maximum atomic E-state index is 13.0. The molecule has 0 fully saturated rings. The first-order valence-corrected chi connectivity index (χ1v) is 5.86. The van der Waals surface area contributed by atoms with Crippen molar-refractivity contribution in [2.75, 3.05) is 0 Å². The van der Waals surface area contributed by atoms with Crippen molar-refractivity contribution in [3.63, 3.8) is 0 Å². The van der Waals surface area contributed by atoms with Gasteiger partial charge in [-0.05, 0) is 31.8 Å². The fraction of sp³-hybridized carbons (Fsp3) is 0.500. The largest absolute Gasteiger partial charge is 0.282 e. The lowest BCUT2D eigenvalue weighted by atomic mass is 9.95. The molecular weight excluding hydrogens is 220 g/mol. The van der Waals surface area contributed by atoms with E-state index in [1.165, 1.54) is 12.5 Å². The average Bonchev–Trinajstić information content (AvgIpc) is 2.27. The highest BCUT2D eigenvalue weighted by molar-refractivity contribution is 5.89. The monoisotopic (exact) mass is 239 g/mol. The van der Waals surface area contributed by atoms with E-state index in [0.717, 1.165) is 31.8 Å². The van der Waals surface area contributed by atoms with Crippen LogP contribution in [0.15, 0.2) is 40.6 Å². The molecule has 1 aliphatic carbocycles. The predicted octanol–water partition coefficient (Wildman–Crippen LogP) is 4.67. The minimum absolute atomic E-state index is 0.186. The van der Waals surface area contributed by atoms with Crippen molar-refractivity contribution in [3.05, 3.63) is 35.6 Å². The molecule has 0 aliphatic heterocycles. The Morgan fingerprint density at radius 1 is 1.41 bits per heavy atom. The van der Waals surface area contributed by atoms with Gasteiger partial charge in [-0.3, -0.25) is 4.99 Å². The summed E-state index contributed by atoms with van der Waals surface area (Å²) in [6.07, 6.45) is 6.82. The highest BCUT2D eigenvalue weighted by atomic mass is 19.3. The first kappa shape index (κ1) is 13.8. The fourth-order valence-corrected chi connectivity index (χ4v) is 1.59. The van der Waals surface area contributed by atoms with Gasteiger partial charge in [-0.15, -0.1) is 0 Å². The van der Waals surface area contributed by atoms with Gasteiger partial charge in [-0.25, -0.2) is 8.78 Å². The molecule has 0 N–H and O–H groups in total. The van der Waals surface area contributed by atoms with Crippen LogP contribution in [0.4, 0.5) is 8.78 Å². The van der Waals surface area contributed by atoms with Gasteiger partial charge >= 0.3 is 0 Å². The molecule has 0 heterocycles. The topological polar surface area (TPSA) is 12.4 Å². The lowest BCUT2D eigenvalue weighted by Gasteiger charge is -2.15. The smallest absolute Gasteiger partial charge is 0.252 e. The third-order valence-corrected chi connectivity index (χ3v) is 3.00. The van der Waals surface area contributed by atoms with Crippen molar-refractivity contribution < 1.29 is 8.78 Å². The maximum Gasteiger partial charge on any atom is 0.282 e. The van der Waals surface area contributed by atoms with E-state index in [0.29, 0.717) is 5.70 Å². The Balaban J connectivity index is 2.80. The van der Waals surface area contributed by atoms with Crippen LogP contribution in [-0.4, -0.2) is 11.6 Å². The van der Waals surface area contributed by atoms with Crippen LogP contribution >= 0.6 is 0 Å². The van der Waals surface area contributed by atoms with E-state index in [1.54, 1.807) is 0 Å². The lowest BCUT2D eigenvalue weighted by Crippen LogP contribution is -2.21. The SMILES string of the molecule is C=C(/N=C(\C)C(C)(F)F)C1=CC=C(CC)CC1. The summed E-state index contributed by atoms with van der Waals surface area (Å²) >= 11 is 0. The number of nitrogens with zero attached hydrogens (tertiary/aromatic N) is 1. The van der Waals surface area contributed by atoms with Crippen LogP contribution in [0.1, 0.15) is 40.0 Å². The van der Waals surface area contributed by atoms with E-state index in [9.17, 15) is 8.78 Å². The van der Waals surface area contributed by atoms with Gasteiger partial charge in [0.05, 0.1) is 11.4 Å². The van der Waals surface area contributed by atoms with E-state index in [2.05, 4.69) is 18.5 Å². The molecule has 0 aromatic rings. The van der Waals surface area contributed by atoms with E-state index in [1.807, 2.05) is 12.2 Å². The summed E-state index contributed by atoms with van der Waals surface area (Å²) in [4.78, 5) is 3.90. The molecule has 0 amide bonds. The molecule has 1 rings (SSSR count). The van der Waals surface area contributed by atoms with Crippen LogP contribution in [0, 0.1) is 0 Å². The van der Waals surface area contributed by atoms with Crippen LogP contribution in [0.3, 0.4) is 0 Å². The van der Waals surface area contributed by atoms with Crippen LogP contribution in [0.25, 0.3) is 0 Å². The molecule has 0 saturated heterocycles. The first-order valence-electron chi connectivity index (χ1n) is 5.86. The molecule has 0 radical (unpaired) electrons. The van der Waals surface area contributed by atoms with Crippen LogP contribution in [0.2, 0.25) is 0 Å². The zero-order chi connectivity index (χ0) is 13.1. The number of aliphatic imine (C=N–C) groups is 1.